The third-order valence-corrected chi connectivity index (χ3v) is 11.5. The number of rotatable bonds is 47. The van der Waals surface area contributed by atoms with Crippen molar-refractivity contribution >= 4 is 17.9 Å². The molecular weight excluding hydrogens is 721 g/mol. The molecule has 0 aliphatic carbocycles. The Morgan fingerprint density at radius 1 is 0.328 bits per heavy atom. The molecule has 0 spiro atoms. The average Bonchev–Trinajstić information content (AvgIpc) is 3.22. The average molecular weight is 819 g/mol. The van der Waals surface area contributed by atoms with Crippen LogP contribution in [0, 0.1) is 0 Å². The van der Waals surface area contributed by atoms with Gasteiger partial charge in [0.15, 0.2) is 6.10 Å². The summed E-state index contributed by atoms with van der Waals surface area (Å²) in [6.45, 7) is 6.55. The second-order valence-corrected chi connectivity index (χ2v) is 17.4. The van der Waals surface area contributed by atoms with E-state index in [1.807, 2.05) is 0 Å². The molecule has 0 rings (SSSR count). The predicted octanol–water partition coefficient (Wildman–Crippen LogP) is 16.6. The number of carbonyl (C=O) groups excluding carboxylic acids is 3. The second-order valence-electron chi connectivity index (χ2n) is 17.4. The highest BCUT2D eigenvalue weighted by Crippen LogP contribution is 2.16. The maximum absolute atomic E-state index is 12.6. The van der Waals surface area contributed by atoms with Gasteiger partial charge in [0, 0.05) is 19.3 Å². The molecule has 0 heterocycles. The van der Waals surface area contributed by atoms with E-state index >= 15 is 0 Å². The van der Waals surface area contributed by atoms with E-state index in [1.165, 1.54) is 180 Å². The van der Waals surface area contributed by atoms with E-state index in [0.717, 1.165) is 64.2 Å². The van der Waals surface area contributed by atoms with Crippen LogP contribution < -0.4 is 0 Å². The van der Waals surface area contributed by atoms with Gasteiger partial charge in [-0.1, -0.05) is 232 Å². The van der Waals surface area contributed by atoms with Crippen LogP contribution in [-0.2, 0) is 28.6 Å². The number of ether oxygens (including phenoxy) is 3. The first-order valence-electron chi connectivity index (χ1n) is 25.7. The summed E-state index contributed by atoms with van der Waals surface area (Å²) in [6, 6.07) is 0. The van der Waals surface area contributed by atoms with Crippen LogP contribution in [-0.4, -0.2) is 37.2 Å². The number of carbonyl (C=O) groups is 3. The van der Waals surface area contributed by atoms with E-state index in [2.05, 4.69) is 32.9 Å². The molecule has 0 saturated carbocycles. The monoisotopic (exact) mass is 819 g/mol. The van der Waals surface area contributed by atoms with Crippen LogP contribution in [0.1, 0.15) is 284 Å². The highest BCUT2D eigenvalue weighted by Gasteiger charge is 2.19. The lowest BCUT2D eigenvalue weighted by Gasteiger charge is -2.18. The largest absolute Gasteiger partial charge is 0.462 e. The van der Waals surface area contributed by atoms with Crippen LogP contribution in [0.2, 0.25) is 0 Å². The summed E-state index contributed by atoms with van der Waals surface area (Å²) >= 11 is 0. The van der Waals surface area contributed by atoms with Gasteiger partial charge in [0.05, 0.1) is 0 Å². The van der Waals surface area contributed by atoms with E-state index < -0.39 is 6.10 Å². The molecule has 0 radical (unpaired) electrons. The van der Waals surface area contributed by atoms with Gasteiger partial charge in [-0.25, -0.2) is 0 Å². The molecule has 0 saturated heterocycles. The maximum Gasteiger partial charge on any atom is 0.306 e. The molecule has 0 aromatic carbocycles. The van der Waals surface area contributed by atoms with E-state index in [4.69, 9.17) is 14.2 Å². The lowest BCUT2D eigenvalue weighted by Crippen LogP contribution is -2.30. The summed E-state index contributed by atoms with van der Waals surface area (Å²) < 4.78 is 16.6. The molecule has 1 unspecified atom stereocenters. The number of allylic oxidation sites excluding steroid dienone is 2. The minimum Gasteiger partial charge on any atom is -0.462 e. The molecule has 1 atom stereocenters. The minimum atomic E-state index is -0.758. The molecule has 6 heteroatoms. The summed E-state index contributed by atoms with van der Waals surface area (Å²) in [5.41, 5.74) is 0. The van der Waals surface area contributed by atoms with Crippen molar-refractivity contribution in [2.75, 3.05) is 13.2 Å². The van der Waals surface area contributed by atoms with Crippen molar-refractivity contribution in [3.63, 3.8) is 0 Å². The lowest BCUT2D eigenvalue weighted by molar-refractivity contribution is -0.167. The van der Waals surface area contributed by atoms with Crippen LogP contribution in [0.15, 0.2) is 12.2 Å². The van der Waals surface area contributed by atoms with Gasteiger partial charge in [0.2, 0.25) is 0 Å². The number of unbranched alkanes of at least 4 members (excludes halogenated alkanes) is 34. The zero-order valence-corrected chi connectivity index (χ0v) is 39.1. The van der Waals surface area contributed by atoms with E-state index in [0.29, 0.717) is 19.3 Å². The first-order chi connectivity index (χ1) is 28.5. The molecule has 6 nitrogen and oxygen atoms in total. The number of hydrogen-bond donors (Lipinski definition) is 0. The smallest absolute Gasteiger partial charge is 0.306 e. The number of hydrogen-bond acceptors (Lipinski definition) is 6. The standard InChI is InChI=1S/C52H98O6/c1-4-7-10-13-15-17-18-19-20-21-22-23-24-25-26-27-28-29-30-31-32-33-34-35-37-39-42-45-51(54)57-48-49(47-56-50(53)44-41-38-12-9-6-3)58-52(55)46-43-40-36-16-14-11-8-5-2/h21-22,49H,4-20,23-48H2,1-3H3/b22-21-. The molecule has 0 aromatic heterocycles. The van der Waals surface area contributed by atoms with Gasteiger partial charge < -0.3 is 14.2 Å². The Kier molecular flexibility index (Phi) is 46.3. The van der Waals surface area contributed by atoms with Gasteiger partial charge in [-0.15, -0.1) is 0 Å². The van der Waals surface area contributed by atoms with Crippen LogP contribution in [0.3, 0.4) is 0 Å². The fourth-order valence-corrected chi connectivity index (χ4v) is 7.61. The van der Waals surface area contributed by atoms with Crippen molar-refractivity contribution in [1.29, 1.82) is 0 Å². The van der Waals surface area contributed by atoms with Gasteiger partial charge in [0.1, 0.15) is 13.2 Å². The summed E-state index contributed by atoms with van der Waals surface area (Å²) in [5, 5.41) is 0. The van der Waals surface area contributed by atoms with Crippen molar-refractivity contribution < 1.29 is 28.6 Å². The maximum atomic E-state index is 12.6. The minimum absolute atomic E-state index is 0.0664. The fourth-order valence-electron chi connectivity index (χ4n) is 7.61. The fraction of sp³-hybridized carbons (Fsp3) is 0.904. The quantitative estimate of drug-likeness (QED) is 0.0263. The van der Waals surface area contributed by atoms with E-state index in [9.17, 15) is 14.4 Å². The van der Waals surface area contributed by atoms with Gasteiger partial charge in [-0.3, -0.25) is 14.4 Å². The van der Waals surface area contributed by atoms with Crippen molar-refractivity contribution in [1.82, 2.24) is 0 Å². The third kappa shape index (κ3) is 45.2. The molecule has 0 N–H and O–H groups in total. The predicted molar refractivity (Wildman–Crippen MR) is 247 cm³/mol. The summed E-state index contributed by atoms with van der Waals surface area (Å²) in [4.78, 5) is 37.4. The van der Waals surface area contributed by atoms with Gasteiger partial charge in [-0.05, 0) is 44.9 Å². The van der Waals surface area contributed by atoms with Crippen LogP contribution in [0.5, 0.6) is 0 Å². The van der Waals surface area contributed by atoms with Gasteiger partial charge in [0.25, 0.3) is 0 Å². The van der Waals surface area contributed by atoms with Crippen LogP contribution in [0.4, 0.5) is 0 Å². The van der Waals surface area contributed by atoms with Crippen LogP contribution in [0.25, 0.3) is 0 Å². The Balaban J connectivity index is 3.88. The van der Waals surface area contributed by atoms with Crippen molar-refractivity contribution in [3.8, 4) is 0 Å². The molecule has 0 aliphatic rings. The van der Waals surface area contributed by atoms with Crippen molar-refractivity contribution in [2.24, 2.45) is 0 Å². The molecular formula is C52H98O6. The van der Waals surface area contributed by atoms with Crippen molar-refractivity contribution in [3.05, 3.63) is 12.2 Å². The SMILES string of the molecule is CCCCCCCCCC/C=C\CCCCCCCCCCCCCCCCCC(=O)OCC(COC(=O)CCCCCCC)OC(=O)CCCCCCCCCC. The summed E-state index contributed by atoms with van der Waals surface area (Å²) in [6.07, 6.45) is 52.7. The topological polar surface area (TPSA) is 78.9 Å². The molecule has 0 fully saturated rings. The Morgan fingerprint density at radius 3 is 0.862 bits per heavy atom. The zero-order valence-electron chi connectivity index (χ0n) is 39.1. The van der Waals surface area contributed by atoms with Crippen molar-refractivity contribution in [2.45, 2.75) is 290 Å². The normalized spacial score (nSPS) is 12.0. The van der Waals surface area contributed by atoms with Gasteiger partial charge >= 0.3 is 17.9 Å². The zero-order chi connectivity index (χ0) is 42.3. The highest BCUT2D eigenvalue weighted by atomic mass is 16.6. The Bertz CT molecular complexity index is 900. The summed E-state index contributed by atoms with van der Waals surface area (Å²) in [5.74, 6) is -0.874. The number of esters is 3. The summed E-state index contributed by atoms with van der Waals surface area (Å²) in [7, 11) is 0. The Labute approximate surface area is 360 Å². The second kappa shape index (κ2) is 47.8. The lowest BCUT2D eigenvalue weighted by atomic mass is 10.0. The van der Waals surface area contributed by atoms with E-state index in [1.54, 1.807) is 0 Å². The van der Waals surface area contributed by atoms with Crippen LogP contribution >= 0.6 is 0 Å². The Hall–Kier alpha value is -1.85. The van der Waals surface area contributed by atoms with Gasteiger partial charge in [-0.2, -0.15) is 0 Å². The third-order valence-electron chi connectivity index (χ3n) is 11.5. The molecule has 0 bridgehead atoms. The molecule has 58 heavy (non-hydrogen) atoms. The first-order valence-corrected chi connectivity index (χ1v) is 25.7. The van der Waals surface area contributed by atoms with E-state index in [-0.39, 0.29) is 31.1 Å². The molecule has 342 valence electrons. The highest BCUT2D eigenvalue weighted by molar-refractivity contribution is 5.71. The molecule has 0 amide bonds. The first kappa shape index (κ1) is 56.1. The Morgan fingerprint density at radius 2 is 0.569 bits per heavy atom. The molecule has 0 aromatic rings. The molecule has 0 aliphatic heterocycles.